The summed E-state index contributed by atoms with van der Waals surface area (Å²) in [5.41, 5.74) is 0.948. The fourth-order valence-electron chi connectivity index (χ4n) is 1.25. The molecule has 0 heterocycles. The second-order valence-corrected chi connectivity index (χ2v) is 4.34. The summed E-state index contributed by atoms with van der Waals surface area (Å²) in [6.07, 6.45) is 3.22. The second kappa shape index (κ2) is 8.85. The first-order valence-corrected chi connectivity index (χ1v) is 6.42. The molecule has 0 aliphatic heterocycles. The number of hydrogen-bond acceptors (Lipinski definition) is 3. The molecule has 1 aromatic rings. The molecular formula is C13H16BrNO3. The van der Waals surface area contributed by atoms with E-state index in [1.165, 1.54) is 6.08 Å². The first kappa shape index (κ1) is 14.9. The molecule has 0 aliphatic carbocycles. The van der Waals surface area contributed by atoms with Crippen molar-refractivity contribution in [3.05, 3.63) is 40.4 Å². The summed E-state index contributed by atoms with van der Waals surface area (Å²) < 4.78 is 5.96. The van der Waals surface area contributed by atoms with Crippen molar-refractivity contribution in [3.63, 3.8) is 0 Å². The van der Waals surface area contributed by atoms with Gasteiger partial charge in [0.25, 0.3) is 0 Å². The number of aliphatic hydroxyl groups excluding tert-OH is 1. The van der Waals surface area contributed by atoms with Gasteiger partial charge in [0.1, 0.15) is 0 Å². The van der Waals surface area contributed by atoms with Crippen molar-refractivity contribution in [2.75, 3.05) is 26.4 Å². The molecule has 5 heteroatoms. The Morgan fingerprint density at radius 2 is 2.17 bits per heavy atom. The normalized spacial score (nSPS) is 10.8. The zero-order valence-corrected chi connectivity index (χ0v) is 11.5. The smallest absolute Gasteiger partial charge is 0.244 e. The Morgan fingerprint density at radius 1 is 1.39 bits per heavy atom. The molecule has 18 heavy (non-hydrogen) atoms. The zero-order valence-electron chi connectivity index (χ0n) is 9.93. The molecule has 1 amide bonds. The number of aliphatic hydroxyl groups is 1. The van der Waals surface area contributed by atoms with Gasteiger partial charge in [-0.25, -0.2) is 0 Å². The van der Waals surface area contributed by atoms with Crippen LogP contribution < -0.4 is 5.32 Å². The number of amides is 1. The van der Waals surface area contributed by atoms with E-state index in [9.17, 15) is 4.79 Å². The van der Waals surface area contributed by atoms with E-state index in [0.29, 0.717) is 19.8 Å². The van der Waals surface area contributed by atoms with Crippen LogP contribution in [0.25, 0.3) is 6.08 Å². The van der Waals surface area contributed by atoms with E-state index in [0.717, 1.165) is 10.0 Å². The molecule has 0 aliphatic rings. The van der Waals surface area contributed by atoms with Crippen LogP contribution in [0.15, 0.2) is 34.8 Å². The van der Waals surface area contributed by atoms with E-state index < -0.39 is 0 Å². The summed E-state index contributed by atoms with van der Waals surface area (Å²) >= 11 is 3.40. The Morgan fingerprint density at radius 3 is 2.89 bits per heavy atom. The van der Waals surface area contributed by atoms with Gasteiger partial charge in [-0.3, -0.25) is 4.79 Å². The van der Waals surface area contributed by atoms with Crippen LogP contribution in [-0.4, -0.2) is 37.4 Å². The van der Waals surface area contributed by atoms with Crippen LogP contribution in [0.5, 0.6) is 0 Å². The summed E-state index contributed by atoms with van der Waals surface area (Å²) in [7, 11) is 0. The van der Waals surface area contributed by atoms with Crippen LogP contribution >= 0.6 is 15.9 Å². The number of halogens is 1. The Balaban J connectivity index is 2.30. The molecule has 0 fully saturated rings. The minimum Gasteiger partial charge on any atom is -0.394 e. The number of benzene rings is 1. The molecule has 4 nitrogen and oxygen atoms in total. The van der Waals surface area contributed by atoms with Crippen LogP contribution in [-0.2, 0) is 9.53 Å². The predicted octanol–water partition coefficient (Wildman–Crippen LogP) is 1.59. The van der Waals surface area contributed by atoms with Crippen LogP contribution in [0.2, 0.25) is 0 Å². The molecule has 0 saturated carbocycles. The fraction of sp³-hybridized carbons (Fsp3) is 0.308. The molecule has 0 unspecified atom stereocenters. The van der Waals surface area contributed by atoms with Gasteiger partial charge in [0.05, 0.1) is 19.8 Å². The SMILES string of the molecule is O=C(/C=C/c1ccccc1Br)NCCOCCO. The van der Waals surface area contributed by atoms with Gasteiger partial charge in [0.15, 0.2) is 0 Å². The molecule has 0 radical (unpaired) electrons. The number of rotatable bonds is 7. The van der Waals surface area contributed by atoms with E-state index >= 15 is 0 Å². The maximum Gasteiger partial charge on any atom is 0.244 e. The molecule has 1 aromatic carbocycles. The van der Waals surface area contributed by atoms with Crippen LogP contribution in [0, 0.1) is 0 Å². The topological polar surface area (TPSA) is 58.6 Å². The Labute approximate surface area is 115 Å². The molecule has 0 saturated heterocycles. The number of carbonyl (C=O) groups excluding carboxylic acids is 1. The summed E-state index contributed by atoms with van der Waals surface area (Å²) in [5, 5.41) is 11.2. The molecule has 0 spiro atoms. The van der Waals surface area contributed by atoms with Gasteiger partial charge in [0, 0.05) is 17.1 Å². The largest absolute Gasteiger partial charge is 0.394 e. The lowest BCUT2D eigenvalue weighted by Crippen LogP contribution is -2.25. The predicted molar refractivity (Wildman–Crippen MR) is 74.1 cm³/mol. The molecular weight excluding hydrogens is 298 g/mol. The third-order valence-corrected chi connectivity index (χ3v) is 2.82. The quantitative estimate of drug-likeness (QED) is 0.593. The zero-order chi connectivity index (χ0) is 13.2. The van der Waals surface area contributed by atoms with E-state index in [4.69, 9.17) is 9.84 Å². The highest BCUT2D eigenvalue weighted by Gasteiger charge is 1.96. The fourth-order valence-corrected chi connectivity index (χ4v) is 1.66. The van der Waals surface area contributed by atoms with Gasteiger partial charge in [-0.05, 0) is 17.7 Å². The van der Waals surface area contributed by atoms with Crippen molar-refractivity contribution in [2.24, 2.45) is 0 Å². The van der Waals surface area contributed by atoms with E-state index in [2.05, 4.69) is 21.2 Å². The van der Waals surface area contributed by atoms with Gasteiger partial charge in [-0.15, -0.1) is 0 Å². The Hall–Kier alpha value is -1.17. The monoisotopic (exact) mass is 313 g/mol. The van der Waals surface area contributed by atoms with Crippen LogP contribution in [0.1, 0.15) is 5.56 Å². The van der Waals surface area contributed by atoms with Crippen molar-refractivity contribution in [1.29, 1.82) is 0 Å². The lowest BCUT2D eigenvalue weighted by Gasteiger charge is -2.03. The van der Waals surface area contributed by atoms with E-state index in [1.54, 1.807) is 6.08 Å². The Kier molecular flexibility index (Phi) is 7.32. The number of carbonyl (C=O) groups is 1. The van der Waals surface area contributed by atoms with Crippen LogP contribution in [0.4, 0.5) is 0 Å². The molecule has 98 valence electrons. The minimum absolute atomic E-state index is 0.00408. The molecule has 0 bridgehead atoms. The highest BCUT2D eigenvalue weighted by Crippen LogP contribution is 2.16. The number of hydrogen-bond donors (Lipinski definition) is 2. The van der Waals surface area contributed by atoms with Crippen molar-refractivity contribution in [2.45, 2.75) is 0 Å². The summed E-state index contributed by atoms with van der Waals surface area (Å²) in [4.78, 5) is 11.4. The lowest BCUT2D eigenvalue weighted by molar-refractivity contribution is -0.116. The summed E-state index contributed by atoms with van der Waals surface area (Å²) in [5.74, 6) is -0.168. The maximum atomic E-state index is 11.4. The van der Waals surface area contributed by atoms with Crippen molar-refractivity contribution in [3.8, 4) is 0 Å². The van der Waals surface area contributed by atoms with Crippen molar-refractivity contribution in [1.82, 2.24) is 5.32 Å². The van der Waals surface area contributed by atoms with E-state index in [1.807, 2.05) is 24.3 Å². The van der Waals surface area contributed by atoms with Gasteiger partial charge in [0.2, 0.25) is 5.91 Å². The molecule has 0 atom stereocenters. The van der Waals surface area contributed by atoms with Crippen molar-refractivity contribution < 1.29 is 14.6 Å². The lowest BCUT2D eigenvalue weighted by atomic mass is 10.2. The van der Waals surface area contributed by atoms with Gasteiger partial charge in [-0.1, -0.05) is 34.1 Å². The standard InChI is InChI=1S/C13H16BrNO3/c14-12-4-2-1-3-11(12)5-6-13(17)15-7-9-18-10-8-16/h1-6,16H,7-10H2,(H,15,17)/b6-5+. The summed E-state index contributed by atoms with van der Waals surface area (Å²) in [6, 6.07) is 7.66. The Bertz CT molecular complexity index is 407. The first-order chi connectivity index (χ1) is 8.74. The highest BCUT2D eigenvalue weighted by molar-refractivity contribution is 9.10. The second-order valence-electron chi connectivity index (χ2n) is 3.48. The first-order valence-electron chi connectivity index (χ1n) is 5.63. The number of ether oxygens (including phenoxy) is 1. The van der Waals surface area contributed by atoms with Gasteiger partial charge < -0.3 is 15.2 Å². The van der Waals surface area contributed by atoms with Crippen molar-refractivity contribution >= 4 is 27.9 Å². The molecule has 1 rings (SSSR count). The minimum atomic E-state index is -0.168. The van der Waals surface area contributed by atoms with Crippen LogP contribution in [0.3, 0.4) is 0 Å². The van der Waals surface area contributed by atoms with Gasteiger partial charge >= 0.3 is 0 Å². The van der Waals surface area contributed by atoms with E-state index in [-0.39, 0.29) is 12.5 Å². The third-order valence-electron chi connectivity index (χ3n) is 2.10. The van der Waals surface area contributed by atoms with Gasteiger partial charge in [-0.2, -0.15) is 0 Å². The molecule has 0 aromatic heterocycles. The maximum absolute atomic E-state index is 11.4. The molecule has 2 N–H and O–H groups in total. The average Bonchev–Trinajstić information content (AvgIpc) is 2.37. The average molecular weight is 314 g/mol. The highest BCUT2D eigenvalue weighted by atomic mass is 79.9. The summed E-state index contributed by atoms with van der Waals surface area (Å²) in [6.45, 7) is 1.12. The number of nitrogens with one attached hydrogen (secondary N) is 1. The third kappa shape index (κ3) is 5.95.